The summed E-state index contributed by atoms with van der Waals surface area (Å²) in [6, 6.07) is 10.6. The molecule has 0 aromatic heterocycles. The Hall–Kier alpha value is -1.65. The fourth-order valence-corrected chi connectivity index (χ4v) is 4.46. The van der Waals surface area contributed by atoms with Gasteiger partial charge in [-0.25, -0.2) is 0 Å². The van der Waals surface area contributed by atoms with Gasteiger partial charge in [0.15, 0.2) is 0 Å². The van der Waals surface area contributed by atoms with Gasteiger partial charge in [0.1, 0.15) is 0 Å². The number of allylic oxidation sites excluding steroid dienone is 2. The summed E-state index contributed by atoms with van der Waals surface area (Å²) in [6.45, 7) is 2.49. The van der Waals surface area contributed by atoms with Crippen molar-refractivity contribution in [1.29, 1.82) is 0 Å². The predicted molar refractivity (Wildman–Crippen MR) is 121 cm³/mol. The summed E-state index contributed by atoms with van der Waals surface area (Å²) in [5.41, 5.74) is 1.38. The SMILES string of the molecule is CCCOC(=O)CCC/C=C\C[C@@H]1[C@@H](CCCCCc2ccccc2)[C@H](O)C[C@@H]1O. The summed E-state index contributed by atoms with van der Waals surface area (Å²) in [6.07, 6.45) is 13.2. The third-order valence-electron chi connectivity index (χ3n) is 6.16. The highest BCUT2D eigenvalue weighted by atomic mass is 16.5. The van der Waals surface area contributed by atoms with Gasteiger partial charge in [-0.1, -0.05) is 62.2 Å². The van der Waals surface area contributed by atoms with Gasteiger partial charge in [-0.2, -0.15) is 0 Å². The zero-order valence-electron chi connectivity index (χ0n) is 18.5. The second-order valence-corrected chi connectivity index (χ2v) is 8.60. The monoisotopic (exact) mass is 416 g/mol. The van der Waals surface area contributed by atoms with Crippen LogP contribution in [0.25, 0.3) is 0 Å². The zero-order chi connectivity index (χ0) is 21.6. The van der Waals surface area contributed by atoms with Crippen molar-refractivity contribution in [3.8, 4) is 0 Å². The molecule has 2 rings (SSSR count). The highest BCUT2D eigenvalue weighted by Crippen LogP contribution is 2.38. The van der Waals surface area contributed by atoms with Gasteiger partial charge in [0.2, 0.25) is 0 Å². The number of rotatable bonds is 14. The van der Waals surface area contributed by atoms with E-state index in [0.717, 1.165) is 51.4 Å². The first-order chi connectivity index (χ1) is 14.6. The molecule has 4 nitrogen and oxygen atoms in total. The van der Waals surface area contributed by atoms with Crippen LogP contribution in [-0.4, -0.2) is 35.0 Å². The molecule has 168 valence electrons. The van der Waals surface area contributed by atoms with Crippen LogP contribution in [0.2, 0.25) is 0 Å². The Morgan fingerprint density at radius 3 is 2.57 bits per heavy atom. The number of aryl methyl sites for hydroxylation is 1. The van der Waals surface area contributed by atoms with Gasteiger partial charge in [-0.3, -0.25) is 4.79 Å². The van der Waals surface area contributed by atoms with Crippen molar-refractivity contribution in [2.75, 3.05) is 6.61 Å². The molecule has 1 aromatic rings. The van der Waals surface area contributed by atoms with E-state index in [1.807, 2.05) is 13.0 Å². The van der Waals surface area contributed by atoms with Crippen LogP contribution < -0.4 is 0 Å². The Kier molecular flexibility index (Phi) is 11.8. The number of aliphatic hydroxyl groups is 2. The first-order valence-corrected chi connectivity index (χ1v) is 11.8. The highest BCUT2D eigenvalue weighted by Gasteiger charge is 2.40. The predicted octanol–water partition coefficient (Wildman–Crippen LogP) is 5.22. The number of hydrogen-bond donors (Lipinski definition) is 2. The minimum absolute atomic E-state index is 0.119. The Morgan fingerprint density at radius 2 is 1.80 bits per heavy atom. The lowest BCUT2D eigenvalue weighted by Crippen LogP contribution is -2.21. The molecule has 1 saturated carbocycles. The summed E-state index contributed by atoms with van der Waals surface area (Å²) in [7, 11) is 0. The lowest BCUT2D eigenvalue weighted by Gasteiger charge is -2.22. The summed E-state index contributed by atoms with van der Waals surface area (Å²) in [5, 5.41) is 20.8. The van der Waals surface area contributed by atoms with Crippen LogP contribution in [0.3, 0.4) is 0 Å². The number of unbranched alkanes of at least 4 members (excludes halogenated alkanes) is 3. The van der Waals surface area contributed by atoms with Gasteiger partial charge in [0.25, 0.3) is 0 Å². The summed E-state index contributed by atoms with van der Waals surface area (Å²) >= 11 is 0. The van der Waals surface area contributed by atoms with Crippen LogP contribution in [0.4, 0.5) is 0 Å². The number of ether oxygens (including phenoxy) is 1. The van der Waals surface area contributed by atoms with Crippen LogP contribution >= 0.6 is 0 Å². The molecule has 0 unspecified atom stereocenters. The smallest absolute Gasteiger partial charge is 0.305 e. The first kappa shape index (κ1) is 24.6. The van der Waals surface area contributed by atoms with E-state index < -0.39 is 6.10 Å². The molecule has 1 aromatic carbocycles. The number of hydrogen-bond acceptors (Lipinski definition) is 4. The van der Waals surface area contributed by atoms with Crippen LogP contribution in [0.1, 0.15) is 76.7 Å². The normalized spacial score (nSPS) is 23.8. The molecule has 4 heteroatoms. The van der Waals surface area contributed by atoms with Gasteiger partial charge in [-0.15, -0.1) is 0 Å². The molecule has 0 heterocycles. The molecule has 1 aliphatic rings. The third kappa shape index (κ3) is 9.01. The van der Waals surface area contributed by atoms with Crippen molar-refractivity contribution < 1.29 is 19.7 Å². The standard InChI is InChI=1S/C26H40O4/c1-2-19-30-26(29)18-12-4-3-10-16-22-23(25(28)20-24(22)27)17-11-6-9-15-21-13-7-5-8-14-21/h3,5,7-8,10,13-14,22-25,27-28H,2,4,6,9,11-12,15-20H2,1H3/b10-3-/t22-,23-,24+,25-/m1/s1. The lowest BCUT2D eigenvalue weighted by atomic mass is 9.86. The molecule has 4 atom stereocenters. The molecule has 0 amide bonds. The van der Waals surface area contributed by atoms with E-state index in [-0.39, 0.29) is 23.9 Å². The van der Waals surface area contributed by atoms with Crippen molar-refractivity contribution in [2.24, 2.45) is 11.8 Å². The number of esters is 1. The molecule has 0 spiro atoms. The Balaban J connectivity index is 1.63. The van der Waals surface area contributed by atoms with Crippen molar-refractivity contribution >= 4 is 5.97 Å². The maximum atomic E-state index is 11.5. The van der Waals surface area contributed by atoms with E-state index in [2.05, 4.69) is 36.4 Å². The molecule has 0 saturated heterocycles. The van der Waals surface area contributed by atoms with E-state index in [1.54, 1.807) is 0 Å². The van der Waals surface area contributed by atoms with Crippen LogP contribution in [0.15, 0.2) is 42.5 Å². The molecule has 1 aliphatic carbocycles. The number of benzene rings is 1. The quantitative estimate of drug-likeness (QED) is 0.248. The maximum Gasteiger partial charge on any atom is 0.305 e. The average Bonchev–Trinajstić information content (AvgIpc) is 3.02. The fraction of sp³-hybridized carbons (Fsp3) is 0.654. The van der Waals surface area contributed by atoms with Crippen LogP contribution in [0, 0.1) is 11.8 Å². The van der Waals surface area contributed by atoms with Crippen molar-refractivity contribution in [1.82, 2.24) is 0 Å². The number of carbonyl (C=O) groups excluding carboxylic acids is 1. The van der Waals surface area contributed by atoms with Crippen LogP contribution in [-0.2, 0) is 16.0 Å². The molecular weight excluding hydrogens is 376 g/mol. The molecule has 1 fully saturated rings. The number of carbonyl (C=O) groups is 1. The fourth-order valence-electron chi connectivity index (χ4n) is 4.46. The van der Waals surface area contributed by atoms with Gasteiger partial charge in [0, 0.05) is 6.42 Å². The number of aliphatic hydroxyl groups excluding tert-OH is 2. The summed E-state index contributed by atoms with van der Waals surface area (Å²) in [5.74, 6) is 0.206. The summed E-state index contributed by atoms with van der Waals surface area (Å²) in [4.78, 5) is 11.5. The zero-order valence-corrected chi connectivity index (χ0v) is 18.5. The molecule has 0 bridgehead atoms. The van der Waals surface area contributed by atoms with E-state index in [9.17, 15) is 15.0 Å². The first-order valence-electron chi connectivity index (χ1n) is 11.8. The van der Waals surface area contributed by atoms with E-state index in [4.69, 9.17) is 4.74 Å². The van der Waals surface area contributed by atoms with Gasteiger partial charge >= 0.3 is 5.97 Å². The highest BCUT2D eigenvalue weighted by molar-refractivity contribution is 5.69. The largest absolute Gasteiger partial charge is 0.466 e. The minimum Gasteiger partial charge on any atom is -0.466 e. The second-order valence-electron chi connectivity index (χ2n) is 8.60. The Morgan fingerprint density at radius 1 is 1.03 bits per heavy atom. The van der Waals surface area contributed by atoms with Gasteiger partial charge in [0.05, 0.1) is 18.8 Å². The maximum absolute atomic E-state index is 11.5. The van der Waals surface area contributed by atoms with E-state index in [0.29, 0.717) is 19.4 Å². The Bertz CT molecular complexity index is 613. The van der Waals surface area contributed by atoms with Crippen molar-refractivity contribution in [2.45, 2.75) is 89.8 Å². The average molecular weight is 417 g/mol. The van der Waals surface area contributed by atoms with Crippen molar-refractivity contribution in [3.05, 3.63) is 48.0 Å². The molecule has 2 N–H and O–H groups in total. The van der Waals surface area contributed by atoms with E-state index >= 15 is 0 Å². The molecule has 0 radical (unpaired) electrons. The molecule has 0 aliphatic heterocycles. The van der Waals surface area contributed by atoms with Crippen molar-refractivity contribution in [3.63, 3.8) is 0 Å². The minimum atomic E-state index is -0.414. The van der Waals surface area contributed by atoms with Gasteiger partial charge in [-0.05, 0) is 68.8 Å². The van der Waals surface area contributed by atoms with E-state index in [1.165, 1.54) is 12.0 Å². The van der Waals surface area contributed by atoms with Gasteiger partial charge < -0.3 is 14.9 Å². The summed E-state index contributed by atoms with van der Waals surface area (Å²) < 4.78 is 5.07. The second kappa shape index (κ2) is 14.4. The third-order valence-corrected chi connectivity index (χ3v) is 6.16. The Labute approximate surface area is 182 Å². The topological polar surface area (TPSA) is 66.8 Å². The molecular formula is C26H40O4. The lowest BCUT2D eigenvalue weighted by molar-refractivity contribution is -0.143. The van der Waals surface area contributed by atoms with Crippen LogP contribution in [0.5, 0.6) is 0 Å². The molecule has 30 heavy (non-hydrogen) atoms.